The molecule has 1 amide bonds. The van der Waals surface area contributed by atoms with Gasteiger partial charge >= 0.3 is 0 Å². The number of anilines is 1. The molecule has 0 bridgehead atoms. The van der Waals surface area contributed by atoms with Gasteiger partial charge in [-0.1, -0.05) is 47.0 Å². The van der Waals surface area contributed by atoms with Crippen molar-refractivity contribution in [2.75, 3.05) is 4.90 Å². The summed E-state index contributed by atoms with van der Waals surface area (Å²) in [6.45, 7) is 4.40. The van der Waals surface area contributed by atoms with Crippen LogP contribution in [0.25, 0.3) is 0 Å². The first-order valence-electron chi connectivity index (χ1n) is 6.69. The molecule has 0 unspecified atom stereocenters. The molecule has 1 aliphatic rings. The van der Waals surface area contributed by atoms with Crippen LogP contribution in [0.15, 0.2) is 36.4 Å². The van der Waals surface area contributed by atoms with Crippen molar-refractivity contribution in [1.29, 1.82) is 0 Å². The van der Waals surface area contributed by atoms with Gasteiger partial charge in [-0.15, -0.1) is 0 Å². The Balaban J connectivity index is 2.02. The van der Waals surface area contributed by atoms with E-state index in [9.17, 15) is 9.59 Å². The summed E-state index contributed by atoms with van der Waals surface area (Å²) in [6.07, 6.45) is 0. The number of aryl methyl sites for hydroxylation is 2. The van der Waals surface area contributed by atoms with Crippen molar-refractivity contribution >= 4 is 29.0 Å². The van der Waals surface area contributed by atoms with Crippen LogP contribution in [0.1, 0.15) is 27.0 Å². The Morgan fingerprint density at radius 2 is 1.71 bits per heavy atom. The second-order valence-electron chi connectivity index (χ2n) is 5.35. The van der Waals surface area contributed by atoms with Crippen LogP contribution in [0.3, 0.4) is 0 Å². The molecule has 0 N–H and O–H groups in total. The monoisotopic (exact) mass is 299 g/mol. The molecule has 1 heterocycles. The summed E-state index contributed by atoms with van der Waals surface area (Å²) < 4.78 is 0. The quantitative estimate of drug-likeness (QED) is 0.793. The van der Waals surface area contributed by atoms with Crippen LogP contribution in [0.2, 0.25) is 5.02 Å². The molecule has 2 aromatic rings. The minimum Gasteiger partial charge on any atom is -0.300 e. The molecule has 0 radical (unpaired) electrons. The average molecular weight is 300 g/mol. The van der Waals surface area contributed by atoms with Gasteiger partial charge in [0.2, 0.25) is 0 Å². The fourth-order valence-electron chi connectivity index (χ4n) is 2.80. The molecule has 4 heteroatoms. The van der Waals surface area contributed by atoms with Gasteiger partial charge in [0.15, 0.2) is 0 Å². The van der Waals surface area contributed by atoms with Crippen LogP contribution in [-0.2, 0) is 11.3 Å². The van der Waals surface area contributed by atoms with E-state index in [0.717, 1.165) is 16.7 Å². The van der Waals surface area contributed by atoms with Gasteiger partial charge in [0.05, 0.1) is 22.8 Å². The Morgan fingerprint density at radius 3 is 2.38 bits per heavy atom. The van der Waals surface area contributed by atoms with Gasteiger partial charge in [-0.05, 0) is 31.5 Å². The maximum atomic E-state index is 12.2. The van der Waals surface area contributed by atoms with E-state index in [4.69, 9.17) is 11.6 Å². The smallest absolute Gasteiger partial charge is 0.299 e. The third-order valence-electron chi connectivity index (χ3n) is 3.57. The maximum Gasteiger partial charge on any atom is 0.299 e. The number of hydrogen-bond acceptors (Lipinski definition) is 2. The van der Waals surface area contributed by atoms with Crippen molar-refractivity contribution in [2.24, 2.45) is 0 Å². The maximum absolute atomic E-state index is 12.2. The van der Waals surface area contributed by atoms with Crippen molar-refractivity contribution in [1.82, 2.24) is 0 Å². The normalized spacial score (nSPS) is 13.8. The Hall–Kier alpha value is -2.13. The van der Waals surface area contributed by atoms with E-state index >= 15 is 0 Å². The summed E-state index contributed by atoms with van der Waals surface area (Å²) in [5.41, 5.74) is 4.18. The molecule has 106 valence electrons. The first-order valence-corrected chi connectivity index (χ1v) is 7.07. The number of Topliss-reactive ketones (excluding diaryl/α,β-unsaturated/α-hetero) is 1. The van der Waals surface area contributed by atoms with Crippen molar-refractivity contribution in [3.63, 3.8) is 0 Å². The minimum atomic E-state index is -0.528. The lowest BCUT2D eigenvalue weighted by Gasteiger charge is -2.17. The highest BCUT2D eigenvalue weighted by atomic mass is 35.5. The number of rotatable bonds is 2. The molecule has 0 spiro atoms. The fraction of sp³-hybridized carbons (Fsp3) is 0.176. The van der Waals surface area contributed by atoms with Crippen LogP contribution >= 0.6 is 11.6 Å². The lowest BCUT2D eigenvalue weighted by atomic mass is 10.1. The molecule has 0 atom stereocenters. The Kier molecular flexibility index (Phi) is 3.30. The molecule has 3 rings (SSSR count). The summed E-state index contributed by atoms with van der Waals surface area (Å²) in [6, 6.07) is 11.3. The van der Waals surface area contributed by atoms with Gasteiger partial charge in [-0.3, -0.25) is 9.59 Å². The number of carbonyl (C=O) groups excluding carboxylic acids is 2. The molecule has 0 aliphatic carbocycles. The molecule has 0 saturated carbocycles. The van der Waals surface area contributed by atoms with Crippen LogP contribution in [-0.4, -0.2) is 11.7 Å². The number of nitrogens with zero attached hydrogens (tertiary/aromatic N) is 1. The van der Waals surface area contributed by atoms with E-state index in [2.05, 4.69) is 6.07 Å². The Morgan fingerprint density at radius 1 is 1.05 bits per heavy atom. The number of carbonyl (C=O) groups is 2. The van der Waals surface area contributed by atoms with Crippen LogP contribution in [0, 0.1) is 13.8 Å². The average Bonchev–Trinajstić information content (AvgIpc) is 2.64. The summed E-state index contributed by atoms with van der Waals surface area (Å²) in [5, 5.41) is 0.328. The van der Waals surface area contributed by atoms with Crippen LogP contribution in [0.4, 0.5) is 5.69 Å². The second-order valence-corrected chi connectivity index (χ2v) is 5.76. The SMILES string of the molecule is Cc1cc(C)cc(CN2C(=O)C(=O)c3c(Cl)cccc32)c1. The predicted octanol–water partition coefficient (Wildman–Crippen LogP) is 3.69. The van der Waals surface area contributed by atoms with Crippen molar-refractivity contribution in [2.45, 2.75) is 20.4 Å². The first kappa shape index (κ1) is 13.8. The highest BCUT2D eigenvalue weighted by Crippen LogP contribution is 2.35. The third-order valence-corrected chi connectivity index (χ3v) is 3.89. The molecule has 3 nitrogen and oxygen atoms in total. The molecule has 21 heavy (non-hydrogen) atoms. The van der Waals surface area contributed by atoms with Gasteiger partial charge in [-0.2, -0.15) is 0 Å². The number of fused-ring (bicyclic) bond motifs is 1. The minimum absolute atomic E-state index is 0.313. The summed E-state index contributed by atoms with van der Waals surface area (Å²) in [5.74, 6) is -1.04. The van der Waals surface area contributed by atoms with Gasteiger partial charge in [0, 0.05) is 0 Å². The van der Waals surface area contributed by atoms with Gasteiger partial charge in [0.1, 0.15) is 0 Å². The van der Waals surface area contributed by atoms with Gasteiger partial charge < -0.3 is 4.90 Å². The van der Waals surface area contributed by atoms with Crippen LogP contribution in [0.5, 0.6) is 0 Å². The zero-order valence-electron chi connectivity index (χ0n) is 11.8. The summed E-state index contributed by atoms with van der Waals surface area (Å²) in [4.78, 5) is 25.8. The van der Waals surface area contributed by atoms with Crippen LogP contribution < -0.4 is 4.90 Å². The molecule has 2 aromatic carbocycles. The number of ketones is 1. The summed E-state index contributed by atoms with van der Waals surface area (Å²) >= 11 is 6.05. The number of halogens is 1. The lowest BCUT2D eigenvalue weighted by Crippen LogP contribution is -2.29. The molecule has 1 aliphatic heterocycles. The Labute approximate surface area is 128 Å². The standard InChI is InChI=1S/C17H14ClNO2/c1-10-6-11(2)8-12(7-10)9-19-14-5-3-4-13(18)15(14)16(20)17(19)21/h3-8H,9H2,1-2H3. The van der Waals surface area contributed by atoms with Crippen molar-refractivity contribution < 1.29 is 9.59 Å². The molecular formula is C17H14ClNO2. The van der Waals surface area contributed by atoms with Crippen molar-refractivity contribution in [3.8, 4) is 0 Å². The van der Waals surface area contributed by atoms with E-state index < -0.39 is 11.7 Å². The molecule has 0 fully saturated rings. The van der Waals surface area contributed by atoms with E-state index in [0.29, 0.717) is 22.8 Å². The lowest BCUT2D eigenvalue weighted by molar-refractivity contribution is -0.114. The molecule has 0 saturated heterocycles. The van der Waals surface area contributed by atoms with E-state index in [1.165, 1.54) is 4.90 Å². The molecule has 0 aromatic heterocycles. The predicted molar refractivity (Wildman–Crippen MR) is 82.9 cm³/mol. The fourth-order valence-corrected chi connectivity index (χ4v) is 3.06. The highest BCUT2D eigenvalue weighted by Gasteiger charge is 2.37. The number of benzene rings is 2. The first-order chi connectivity index (χ1) is 9.97. The van der Waals surface area contributed by atoms with E-state index in [-0.39, 0.29) is 0 Å². The second kappa shape index (κ2) is 5.01. The number of amides is 1. The van der Waals surface area contributed by atoms with E-state index in [1.807, 2.05) is 26.0 Å². The topological polar surface area (TPSA) is 37.4 Å². The zero-order valence-corrected chi connectivity index (χ0v) is 12.6. The molecular weight excluding hydrogens is 286 g/mol. The Bertz CT molecular complexity index is 747. The van der Waals surface area contributed by atoms with Gasteiger partial charge in [0.25, 0.3) is 11.7 Å². The van der Waals surface area contributed by atoms with Crippen molar-refractivity contribution in [3.05, 3.63) is 63.7 Å². The van der Waals surface area contributed by atoms with Gasteiger partial charge in [-0.25, -0.2) is 0 Å². The zero-order chi connectivity index (χ0) is 15.1. The third kappa shape index (κ3) is 2.34. The largest absolute Gasteiger partial charge is 0.300 e. The highest BCUT2D eigenvalue weighted by molar-refractivity contribution is 6.55. The summed E-state index contributed by atoms with van der Waals surface area (Å²) in [7, 11) is 0. The van der Waals surface area contributed by atoms with E-state index in [1.54, 1.807) is 18.2 Å². The number of hydrogen-bond donors (Lipinski definition) is 0.